The number of methoxy groups -OCH3 is 1. The van der Waals surface area contributed by atoms with Gasteiger partial charge in [0, 0.05) is 20.1 Å². The zero-order valence-corrected chi connectivity index (χ0v) is 12.8. The van der Waals surface area contributed by atoms with Crippen LogP contribution < -0.4 is 5.32 Å². The number of aliphatic hydroxyl groups is 1. The molecule has 1 aromatic carbocycles. The van der Waals surface area contributed by atoms with Crippen molar-refractivity contribution in [2.75, 3.05) is 26.1 Å². The minimum Gasteiger partial charge on any atom is -0.396 e. The minimum absolute atomic E-state index is 0.0728. The first-order chi connectivity index (χ1) is 9.99. The summed E-state index contributed by atoms with van der Waals surface area (Å²) in [5.74, 6) is -0.619. The molecule has 1 aromatic rings. The predicted octanol–water partition coefficient (Wildman–Crippen LogP) is 0.364. The molecule has 0 bridgehead atoms. The third-order valence-corrected chi connectivity index (χ3v) is 4.64. The lowest BCUT2D eigenvalue weighted by molar-refractivity contribution is -0.121. The number of aliphatic hydroxyl groups excluding tert-OH is 1. The van der Waals surface area contributed by atoms with Gasteiger partial charge in [0.15, 0.2) is 9.84 Å². The van der Waals surface area contributed by atoms with Gasteiger partial charge in [-0.25, -0.2) is 8.42 Å². The van der Waals surface area contributed by atoms with Gasteiger partial charge < -0.3 is 15.2 Å². The third kappa shape index (κ3) is 6.24. The van der Waals surface area contributed by atoms with Crippen molar-refractivity contribution in [3.63, 3.8) is 0 Å². The fourth-order valence-corrected chi connectivity index (χ4v) is 3.09. The van der Waals surface area contributed by atoms with E-state index in [9.17, 15) is 13.2 Å². The Morgan fingerprint density at radius 2 is 2.00 bits per heavy atom. The van der Waals surface area contributed by atoms with Crippen LogP contribution in [-0.4, -0.2) is 51.5 Å². The average Bonchev–Trinajstić information content (AvgIpc) is 2.47. The van der Waals surface area contributed by atoms with Crippen LogP contribution in [0, 0.1) is 0 Å². The van der Waals surface area contributed by atoms with E-state index in [-0.39, 0.29) is 42.2 Å². The van der Waals surface area contributed by atoms with Crippen molar-refractivity contribution in [3.05, 3.63) is 30.3 Å². The van der Waals surface area contributed by atoms with E-state index in [4.69, 9.17) is 9.84 Å². The van der Waals surface area contributed by atoms with Crippen molar-refractivity contribution in [2.24, 2.45) is 0 Å². The monoisotopic (exact) mass is 315 g/mol. The largest absolute Gasteiger partial charge is 0.396 e. The third-order valence-electron chi connectivity index (χ3n) is 2.91. The van der Waals surface area contributed by atoms with Crippen LogP contribution >= 0.6 is 0 Å². The summed E-state index contributed by atoms with van der Waals surface area (Å²) in [7, 11) is -1.96. The second-order valence-corrected chi connectivity index (χ2v) is 6.72. The van der Waals surface area contributed by atoms with E-state index in [0.29, 0.717) is 6.42 Å². The van der Waals surface area contributed by atoms with Gasteiger partial charge in [-0.3, -0.25) is 4.79 Å². The second-order valence-electron chi connectivity index (χ2n) is 4.61. The Morgan fingerprint density at radius 1 is 1.33 bits per heavy atom. The number of nitrogens with one attached hydrogen (secondary N) is 1. The Labute approximate surface area is 125 Å². The van der Waals surface area contributed by atoms with Gasteiger partial charge in [-0.15, -0.1) is 0 Å². The fourth-order valence-electron chi connectivity index (χ4n) is 1.83. The summed E-state index contributed by atoms with van der Waals surface area (Å²) >= 11 is 0. The summed E-state index contributed by atoms with van der Waals surface area (Å²) < 4.78 is 29.0. The normalized spacial score (nSPS) is 12.9. The minimum atomic E-state index is -3.46. The van der Waals surface area contributed by atoms with Crippen LogP contribution in [0.15, 0.2) is 35.2 Å². The molecule has 1 amide bonds. The molecule has 0 radical (unpaired) electrons. The molecule has 7 heteroatoms. The van der Waals surface area contributed by atoms with Gasteiger partial charge in [0.1, 0.15) is 0 Å². The number of sulfone groups is 1. The lowest BCUT2D eigenvalue weighted by Gasteiger charge is -2.16. The number of amides is 1. The van der Waals surface area contributed by atoms with Gasteiger partial charge in [-0.2, -0.15) is 0 Å². The van der Waals surface area contributed by atoms with Crippen LogP contribution in [0.2, 0.25) is 0 Å². The molecule has 0 aromatic heterocycles. The Bertz CT molecular complexity index is 524. The highest BCUT2D eigenvalue weighted by atomic mass is 32.2. The zero-order valence-electron chi connectivity index (χ0n) is 12.0. The van der Waals surface area contributed by atoms with Crippen molar-refractivity contribution < 1.29 is 23.1 Å². The molecule has 0 saturated carbocycles. The molecular formula is C14H21NO5S. The van der Waals surface area contributed by atoms with Crippen molar-refractivity contribution in [3.8, 4) is 0 Å². The number of benzene rings is 1. The van der Waals surface area contributed by atoms with Gasteiger partial charge in [-0.05, 0) is 18.6 Å². The van der Waals surface area contributed by atoms with E-state index in [1.54, 1.807) is 18.2 Å². The highest BCUT2D eigenvalue weighted by molar-refractivity contribution is 7.91. The zero-order chi connectivity index (χ0) is 15.7. The number of rotatable bonds is 9. The maximum atomic E-state index is 12.0. The summed E-state index contributed by atoms with van der Waals surface area (Å²) in [6, 6.07) is 7.72. The number of hydrogen-bond donors (Lipinski definition) is 2. The van der Waals surface area contributed by atoms with Crippen LogP contribution in [0.3, 0.4) is 0 Å². The Kier molecular flexibility index (Phi) is 7.35. The van der Waals surface area contributed by atoms with E-state index in [1.165, 1.54) is 19.2 Å². The van der Waals surface area contributed by atoms with E-state index < -0.39 is 9.84 Å². The molecule has 0 aliphatic rings. The highest BCUT2D eigenvalue weighted by Crippen LogP contribution is 2.11. The molecule has 118 valence electrons. The molecule has 0 aliphatic heterocycles. The molecule has 0 heterocycles. The van der Waals surface area contributed by atoms with Crippen molar-refractivity contribution in [1.29, 1.82) is 0 Å². The smallest absolute Gasteiger partial charge is 0.221 e. The molecule has 0 fully saturated rings. The number of ether oxygens (including phenoxy) is 1. The van der Waals surface area contributed by atoms with Gasteiger partial charge in [0.25, 0.3) is 0 Å². The molecule has 1 unspecified atom stereocenters. The van der Waals surface area contributed by atoms with Crippen molar-refractivity contribution in [2.45, 2.75) is 23.8 Å². The molecule has 1 atom stereocenters. The van der Waals surface area contributed by atoms with Crippen LogP contribution in [0.1, 0.15) is 12.8 Å². The maximum Gasteiger partial charge on any atom is 0.221 e. The summed E-state index contributed by atoms with van der Waals surface area (Å²) in [4.78, 5) is 12.0. The quantitative estimate of drug-likeness (QED) is 0.686. The van der Waals surface area contributed by atoms with E-state index in [2.05, 4.69) is 5.32 Å². The van der Waals surface area contributed by atoms with Crippen LogP contribution in [-0.2, 0) is 19.4 Å². The van der Waals surface area contributed by atoms with Crippen LogP contribution in [0.4, 0.5) is 0 Å². The maximum absolute atomic E-state index is 12.0. The topological polar surface area (TPSA) is 92.7 Å². The van der Waals surface area contributed by atoms with Gasteiger partial charge in [0.05, 0.1) is 23.3 Å². The Morgan fingerprint density at radius 3 is 2.57 bits per heavy atom. The Hall–Kier alpha value is -1.44. The lowest BCUT2D eigenvalue weighted by Crippen LogP contribution is -2.39. The van der Waals surface area contributed by atoms with E-state index in [0.717, 1.165) is 0 Å². The van der Waals surface area contributed by atoms with Crippen LogP contribution in [0.25, 0.3) is 0 Å². The van der Waals surface area contributed by atoms with E-state index >= 15 is 0 Å². The second kappa shape index (κ2) is 8.76. The number of carbonyl (C=O) groups is 1. The molecular weight excluding hydrogens is 294 g/mol. The average molecular weight is 315 g/mol. The fraction of sp³-hybridized carbons (Fsp3) is 0.500. The molecule has 2 N–H and O–H groups in total. The summed E-state index contributed by atoms with van der Waals surface area (Å²) in [6.07, 6.45) is 0.244. The van der Waals surface area contributed by atoms with E-state index in [1.807, 2.05) is 0 Å². The number of hydrogen-bond acceptors (Lipinski definition) is 5. The van der Waals surface area contributed by atoms with Gasteiger partial charge in [0.2, 0.25) is 5.91 Å². The molecule has 21 heavy (non-hydrogen) atoms. The molecule has 0 spiro atoms. The SMILES string of the molecule is COCC(CCO)NC(=O)CCS(=O)(=O)c1ccccc1. The molecule has 6 nitrogen and oxygen atoms in total. The first kappa shape index (κ1) is 17.6. The lowest BCUT2D eigenvalue weighted by atomic mass is 10.2. The number of carbonyl (C=O) groups excluding carboxylic acids is 1. The Balaban J connectivity index is 2.52. The van der Waals surface area contributed by atoms with Gasteiger partial charge >= 0.3 is 0 Å². The first-order valence-corrected chi connectivity index (χ1v) is 8.32. The predicted molar refractivity (Wildman–Crippen MR) is 78.6 cm³/mol. The van der Waals surface area contributed by atoms with Gasteiger partial charge in [-0.1, -0.05) is 18.2 Å². The summed E-state index contributed by atoms with van der Waals surface area (Å²) in [5, 5.41) is 11.5. The van der Waals surface area contributed by atoms with Crippen molar-refractivity contribution in [1.82, 2.24) is 5.32 Å². The molecule has 0 aliphatic carbocycles. The standard InChI is InChI=1S/C14H21NO5S/c1-20-11-12(7-9-16)15-14(17)8-10-21(18,19)13-5-3-2-4-6-13/h2-6,12,16H,7-11H2,1H3,(H,15,17). The molecule has 0 saturated heterocycles. The van der Waals surface area contributed by atoms with Crippen LogP contribution in [0.5, 0.6) is 0 Å². The summed E-state index contributed by atoms with van der Waals surface area (Å²) in [6.45, 7) is 0.203. The molecule has 1 rings (SSSR count). The van der Waals surface area contributed by atoms with Crippen molar-refractivity contribution >= 4 is 15.7 Å². The highest BCUT2D eigenvalue weighted by Gasteiger charge is 2.17. The first-order valence-electron chi connectivity index (χ1n) is 6.66. The summed E-state index contributed by atoms with van der Waals surface area (Å²) in [5.41, 5.74) is 0.